The standard InChI is InChI=1S/C22H20N2O2S2/c25-17-7-5-16(6-8-17)23-9-11-24(12-10-23)22(26)20-13-15-14-27-19-4-2-1-3-18(19)21(15)28-20/h1-8,13,25H,9-12,14H2. The fourth-order valence-electron chi connectivity index (χ4n) is 3.79. The van der Waals surface area contributed by atoms with Crippen LogP contribution in [0.3, 0.4) is 0 Å². The summed E-state index contributed by atoms with van der Waals surface area (Å²) in [6.07, 6.45) is 0. The smallest absolute Gasteiger partial charge is 0.264 e. The van der Waals surface area contributed by atoms with Crippen LogP contribution in [0.4, 0.5) is 5.69 Å². The number of carbonyl (C=O) groups excluding carboxylic acids is 1. The second-order valence-electron chi connectivity index (χ2n) is 7.05. The lowest BCUT2D eigenvalue weighted by Gasteiger charge is -2.36. The highest BCUT2D eigenvalue weighted by molar-refractivity contribution is 7.98. The van der Waals surface area contributed by atoms with E-state index in [0.717, 1.165) is 29.4 Å². The molecule has 5 rings (SSSR count). The molecule has 0 atom stereocenters. The van der Waals surface area contributed by atoms with Crippen molar-refractivity contribution in [2.45, 2.75) is 10.6 Å². The molecule has 0 bridgehead atoms. The van der Waals surface area contributed by atoms with Crippen molar-refractivity contribution in [2.24, 2.45) is 0 Å². The molecule has 0 radical (unpaired) electrons. The summed E-state index contributed by atoms with van der Waals surface area (Å²) in [6, 6.07) is 17.8. The van der Waals surface area contributed by atoms with Crippen LogP contribution in [0.2, 0.25) is 0 Å². The second-order valence-corrected chi connectivity index (χ2v) is 9.11. The lowest BCUT2D eigenvalue weighted by atomic mass is 10.1. The van der Waals surface area contributed by atoms with Gasteiger partial charge in [0, 0.05) is 53.0 Å². The highest BCUT2D eigenvalue weighted by Gasteiger charge is 2.26. The topological polar surface area (TPSA) is 43.8 Å². The second kappa shape index (κ2) is 7.18. The number of amides is 1. The quantitative estimate of drug-likeness (QED) is 0.668. The first-order valence-corrected chi connectivity index (χ1v) is 11.2. The zero-order valence-corrected chi connectivity index (χ0v) is 16.9. The number of anilines is 1. The third-order valence-corrected chi connectivity index (χ3v) is 7.64. The van der Waals surface area contributed by atoms with Gasteiger partial charge in [-0.15, -0.1) is 23.1 Å². The normalized spacial score (nSPS) is 15.9. The molecule has 1 fully saturated rings. The molecule has 0 saturated carbocycles. The predicted octanol–water partition coefficient (Wildman–Crippen LogP) is 4.69. The van der Waals surface area contributed by atoms with Crippen LogP contribution < -0.4 is 4.90 Å². The lowest BCUT2D eigenvalue weighted by Crippen LogP contribution is -2.48. The SMILES string of the molecule is O=C(c1cc2c(s1)-c1ccccc1SC2)N1CCN(c2ccc(O)cc2)CC1. The number of hydrogen-bond acceptors (Lipinski definition) is 5. The number of hydrogen-bond donors (Lipinski definition) is 1. The van der Waals surface area contributed by atoms with Crippen molar-refractivity contribution in [2.75, 3.05) is 31.1 Å². The Balaban J connectivity index is 1.31. The van der Waals surface area contributed by atoms with Crippen molar-refractivity contribution < 1.29 is 9.90 Å². The van der Waals surface area contributed by atoms with E-state index >= 15 is 0 Å². The van der Waals surface area contributed by atoms with E-state index in [1.807, 2.05) is 28.8 Å². The molecule has 0 unspecified atom stereocenters. The number of aromatic hydroxyl groups is 1. The molecule has 28 heavy (non-hydrogen) atoms. The average Bonchev–Trinajstić information content (AvgIpc) is 3.19. The highest BCUT2D eigenvalue weighted by Crippen LogP contribution is 2.45. The lowest BCUT2D eigenvalue weighted by molar-refractivity contribution is 0.0751. The van der Waals surface area contributed by atoms with Gasteiger partial charge in [0.15, 0.2) is 0 Å². The van der Waals surface area contributed by atoms with Gasteiger partial charge < -0.3 is 14.9 Å². The Morgan fingerprint density at radius 3 is 2.50 bits per heavy atom. The number of piperazine rings is 1. The Bertz CT molecular complexity index is 1020. The summed E-state index contributed by atoms with van der Waals surface area (Å²) in [5.41, 5.74) is 3.62. The molecule has 0 spiro atoms. The summed E-state index contributed by atoms with van der Waals surface area (Å²) < 4.78 is 0. The van der Waals surface area contributed by atoms with E-state index in [0.29, 0.717) is 13.1 Å². The van der Waals surface area contributed by atoms with Crippen molar-refractivity contribution in [3.05, 3.63) is 65.0 Å². The molecule has 1 amide bonds. The van der Waals surface area contributed by atoms with Crippen molar-refractivity contribution in [3.63, 3.8) is 0 Å². The van der Waals surface area contributed by atoms with Gasteiger partial charge in [0.05, 0.1) is 4.88 Å². The summed E-state index contributed by atoms with van der Waals surface area (Å²) in [5, 5.41) is 9.45. The first-order valence-electron chi connectivity index (χ1n) is 9.37. The Morgan fingerprint density at radius 2 is 1.71 bits per heavy atom. The number of rotatable bonds is 2. The Labute approximate surface area is 172 Å². The van der Waals surface area contributed by atoms with Gasteiger partial charge in [0.25, 0.3) is 5.91 Å². The molecule has 0 aliphatic carbocycles. The first-order chi connectivity index (χ1) is 13.7. The molecule has 1 saturated heterocycles. The molecule has 2 aliphatic rings. The Kier molecular flexibility index (Phi) is 4.53. The fraction of sp³-hybridized carbons (Fsp3) is 0.227. The van der Waals surface area contributed by atoms with Crippen LogP contribution in [0.1, 0.15) is 15.2 Å². The fourth-order valence-corrected chi connectivity index (χ4v) is 6.17. The van der Waals surface area contributed by atoms with Crippen LogP contribution in [-0.2, 0) is 5.75 Å². The van der Waals surface area contributed by atoms with Crippen molar-refractivity contribution >= 4 is 34.7 Å². The van der Waals surface area contributed by atoms with Gasteiger partial charge >= 0.3 is 0 Å². The third-order valence-electron chi connectivity index (χ3n) is 5.32. The average molecular weight is 409 g/mol. The van der Waals surface area contributed by atoms with E-state index in [1.54, 1.807) is 23.5 Å². The summed E-state index contributed by atoms with van der Waals surface area (Å²) in [5.74, 6) is 1.36. The molecule has 1 N–H and O–H groups in total. The highest BCUT2D eigenvalue weighted by atomic mass is 32.2. The number of nitrogens with zero attached hydrogens (tertiary/aromatic N) is 2. The summed E-state index contributed by atoms with van der Waals surface area (Å²) in [4.78, 5) is 20.7. The minimum absolute atomic E-state index is 0.146. The number of carbonyl (C=O) groups is 1. The van der Waals surface area contributed by atoms with E-state index in [9.17, 15) is 9.90 Å². The summed E-state index contributed by atoms with van der Waals surface area (Å²) in [6.45, 7) is 3.04. The van der Waals surface area contributed by atoms with Crippen LogP contribution in [0, 0.1) is 0 Å². The third kappa shape index (κ3) is 3.16. The zero-order chi connectivity index (χ0) is 19.1. The van der Waals surface area contributed by atoms with E-state index in [4.69, 9.17) is 0 Å². The van der Waals surface area contributed by atoms with E-state index < -0.39 is 0 Å². The molecule has 2 aliphatic heterocycles. The predicted molar refractivity (Wildman–Crippen MR) is 116 cm³/mol. The largest absolute Gasteiger partial charge is 0.508 e. The molecule has 1 aromatic heterocycles. The van der Waals surface area contributed by atoms with Crippen molar-refractivity contribution in [1.82, 2.24) is 4.90 Å². The molecule has 4 nitrogen and oxygen atoms in total. The Hall–Kier alpha value is -2.44. The number of thiophene rings is 1. The van der Waals surface area contributed by atoms with Gasteiger partial charge in [0.2, 0.25) is 0 Å². The van der Waals surface area contributed by atoms with E-state index in [2.05, 4.69) is 35.2 Å². The first kappa shape index (κ1) is 17.6. The molecule has 3 aromatic rings. The van der Waals surface area contributed by atoms with Gasteiger partial charge in [-0.25, -0.2) is 0 Å². The van der Waals surface area contributed by atoms with Crippen LogP contribution in [0.15, 0.2) is 59.5 Å². The number of benzene rings is 2. The number of thioether (sulfide) groups is 1. The molecule has 3 heterocycles. The maximum absolute atomic E-state index is 13.1. The molecule has 6 heteroatoms. The van der Waals surface area contributed by atoms with Gasteiger partial charge in [0.1, 0.15) is 5.75 Å². The maximum atomic E-state index is 13.1. The molecular formula is C22H20N2O2S2. The number of phenolic OH excluding ortho intramolecular Hbond substituents is 1. The van der Waals surface area contributed by atoms with Gasteiger partial charge in [-0.2, -0.15) is 0 Å². The Morgan fingerprint density at radius 1 is 0.964 bits per heavy atom. The van der Waals surface area contributed by atoms with E-state index in [-0.39, 0.29) is 11.7 Å². The van der Waals surface area contributed by atoms with Crippen LogP contribution >= 0.6 is 23.1 Å². The minimum Gasteiger partial charge on any atom is -0.508 e. The number of phenols is 1. The number of fused-ring (bicyclic) bond motifs is 3. The maximum Gasteiger partial charge on any atom is 0.264 e. The van der Waals surface area contributed by atoms with E-state index in [1.165, 1.54) is 20.9 Å². The van der Waals surface area contributed by atoms with Gasteiger partial charge in [-0.3, -0.25) is 4.79 Å². The monoisotopic (exact) mass is 408 g/mol. The van der Waals surface area contributed by atoms with Crippen molar-refractivity contribution in [1.29, 1.82) is 0 Å². The summed E-state index contributed by atoms with van der Waals surface area (Å²) >= 11 is 3.48. The van der Waals surface area contributed by atoms with Crippen LogP contribution in [0.25, 0.3) is 10.4 Å². The molecule has 2 aromatic carbocycles. The summed E-state index contributed by atoms with van der Waals surface area (Å²) in [7, 11) is 0. The van der Waals surface area contributed by atoms with Crippen molar-refractivity contribution in [3.8, 4) is 16.2 Å². The van der Waals surface area contributed by atoms with Crippen LogP contribution in [-0.4, -0.2) is 42.1 Å². The zero-order valence-electron chi connectivity index (χ0n) is 15.3. The molecular weight excluding hydrogens is 388 g/mol. The molecule has 142 valence electrons. The van der Waals surface area contributed by atoms with Gasteiger partial charge in [-0.1, -0.05) is 18.2 Å². The minimum atomic E-state index is 0.146. The van der Waals surface area contributed by atoms with Gasteiger partial charge in [-0.05, 0) is 42.0 Å². The van der Waals surface area contributed by atoms with Crippen LogP contribution in [0.5, 0.6) is 5.75 Å².